The lowest BCUT2D eigenvalue weighted by Crippen LogP contribution is -2.52. The zero-order chi connectivity index (χ0) is 13.2. The van der Waals surface area contributed by atoms with Crippen LogP contribution >= 0.6 is 11.6 Å². The number of benzene rings is 1. The number of hydrogen-bond donors (Lipinski definition) is 2. The summed E-state index contributed by atoms with van der Waals surface area (Å²) in [6, 6.07) is 4.88. The quantitative estimate of drug-likeness (QED) is 0.654. The van der Waals surface area contributed by atoms with Crippen molar-refractivity contribution in [3.8, 4) is 0 Å². The average molecular weight is 273 g/mol. The van der Waals surface area contributed by atoms with E-state index in [-0.39, 0.29) is 22.5 Å². The van der Waals surface area contributed by atoms with Gasteiger partial charge >= 0.3 is 0 Å². The van der Waals surface area contributed by atoms with Gasteiger partial charge in [0.2, 0.25) is 0 Å². The molecule has 0 bridgehead atoms. The van der Waals surface area contributed by atoms with Crippen LogP contribution in [0.5, 0.6) is 0 Å². The summed E-state index contributed by atoms with van der Waals surface area (Å²) in [5.41, 5.74) is 2.96. The van der Waals surface area contributed by atoms with Gasteiger partial charge in [0.05, 0.1) is 16.7 Å². The van der Waals surface area contributed by atoms with E-state index in [2.05, 4.69) is 5.43 Å². The van der Waals surface area contributed by atoms with E-state index in [4.69, 9.17) is 22.2 Å². The highest BCUT2D eigenvalue weighted by molar-refractivity contribution is 6.30. The molecule has 0 amide bonds. The Balaban J connectivity index is 2.17. The number of hydrazine groups is 1. The van der Waals surface area contributed by atoms with Gasteiger partial charge in [-0.15, -0.1) is 0 Å². The van der Waals surface area contributed by atoms with Crippen molar-refractivity contribution in [3.05, 3.63) is 34.6 Å². The van der Waals surface area contributed by atoms with Gasteiger partial charge in [-0.25, -0.2) is 4.39 Å². The van der Waals surface area contributed by atoms with E-state index in [0.29, 0.717) is 12.0 Å². The minimum absolute atomic E-state index is 0.132. The topological polar surface area (TPSA) is 47.3 Å². The second kappa shape index (κ2) is 5.53. The molecule has 1 aromatic rings. The van der Waals surface area contributed by atoms with Crippen LogP contribution in [0.15, 0.2) is 18.2 Å². The van der Waals surface area contributed by atoms with Crippen LogP contribution in [0.25, 0.3) is 0 Å². The molecule has 1 aliphatic rings. The first-order chi connectivity index (χ1) is 8.57. The first kappa shape index (κ1) is 13.7. The van der Waals surface area contributed by atoms with E-state index in [0.717, 1.165) is 19.4 Å². The van der Waals surface area contributed by atoms with E-state index >= 15 is 0 Å². The van der Waals surface area contributed by atoms with Crippen LogP contribution in [0, 0.1) is 5.82 Å². The monoisotopic (exact) mass is 272 g/mol. The molecule has 0 saturated carbocycles. The lowest BCUT2D eigenvalue weighted by molar-refractivity contribution is -0.0116. The number of nitrogens with one attached hydrogen (secondary N) is 1. The van der Waals surface area contributed by atoms with Gasteiger partial charge in [0.1, 0.15) is 5.82 Å². The van der Waals surface area contributed by atoms with Gasteiger partial charge in [-0.3, -0.25) is 11.3 Å². The van der Waals surface area contributed by atoms with Gasteiger partial charge in [-0.2, -0.15) is 0 Å². The fourth-order valence-corrected chi connectivity index (χ4v) is 2.65. The average Bonchev–Trinajstić information content (AvgIpc) is 2.79. The highest BCUT2D eigenvalue weighted by Gasteiger charge is 2.38. The van der Waals surface area contributed by atoms with Crippen molar-refractivity contribution in [1.29, 1.82) is 0 Å². The molecule has 0 radical (unpaired) electrons. The van der Waals surface area contributed by atoms with Crippen molar-refractivity contribution in [3.63, 3.8) is 0 Å². The Bertz CT molecular complexity index is 421. The molecule has 2 atom stereocenters. The minimum atomic E-state index is -0.374. The Morgan fingerprint density at radius 3 is 3.00 bits per heavy atom. The zero-order valence-electron chi connectivity index (χ0n) is 10.4. The lowest BCUT2D eigenvalue weighted by Gasteiger charge is -2.33. The molecule has 0 spiro atoms. The van der Waals surface area contributed by atoms with Gasteiger partial charge in [0.15, 0.2) is 0 Å². The Hall–Kier alpha value is -0.680. The maximum atomic E-state index is 13.9. The molecular weight excluding hydrogens is 255 g/mol. The third-order valence-electron chi connectivity index (χ3n) is 3.64. The Morgan fingerprint density at radius 1 is 1.61 bits per heavy atom. The largest absolute Gasteiger partial charge is 0.374 e. The summed E-state index contributed by atoms with van der Waals surface area (Å²) >= 11 is 5.78. The van der Waals surface area contributed by atoms with Crippen LogP contribution in [-0.4, -0.2) is 18.2 Å². The third-order valence-corrected chi connectivity index (χ3v) is 3.94. The van der Waals surface area contributed by atoms with Crippen molar-refractivity contribution >= 4 is 11.6 Å². The van der Waals surface area contributed by atoms with Gasteiger partial charge in [0.25, 0.3) is 0 Å². The second-order valence-corrected chi connectivity index (χ2v) is 5.31. The molecule has 2 rings (SSSR count). The van der Waals surface area contributed by atoms with Crippen LogP contribution in [0.3, 0.4) is 0 Å². The van der Waals surface area contributed by atoms with Crippen molar-refractivity contribution in [1.82, 2.24) is 5.43 Å². The summed E-state index contributed by atoms with van der Waals surface area (Å²) in [5, 5.41) is 0.140. The number of hydrogen-bond acceptors (Lipinski definition) is 3. The third kappa shape index (κ3) is 2.67. The standard InChI is InChI=1S/C13H18ClFN2O/c1-13(6-3-7-18-13)11(17-16)8-9-4-2-5-10(14)12(9)15/h2,4-5,11,17H,3,6-8,16H2,1H3. The molecular formula is C13H18ClFN2O. The molecule has 3 N–H and O–H groups in total. The predicted octanol–water partition coefficient (Wildman–Crippen LogP) is 2.42. The normalized spacial score (nSPS) is 25.3. The Morgan fingerprint density at radius 2 is 2.39 bits per heavy atom. The summed E-state index contributed by atoms with van der Waals surface area (Å²) in [5.74, 6) is 5.21. The fourth-order valence-electron chi connectivity index (χ4n) is 2.45. The summed E-state index contributed by atoms with van der Waals surface area (Å²) in [7, 11) is 0. The van der Waals surface area contributed by atoms with Gasteiger partial charge in [-0.1, -0.05) is 23.7 Å². The van der Waals surface area contributed by atoms with E-state index in [1.54, 1.807) is 18.2 Å². The SMILES string of the molecule is CC1(C(Cc2cccc(Cl)c2F)NN)CCCO1. The van der Waals surface area contributed by atoms with Crippen LogP contribution in [0.4, 0.5) is 4.39 Å². The predicted molar refractivity (Wildman–Crippen MR) is 69.8 cm³/mol. The zero-order valence-corrected chi connectivity index (χ0v) is 11.1. The van der Waals surface area contributed by atoms with E-state index < -0.39 is 0 Å². The molecule has 100 valence electrons. The minimum Gasteiger partial charge on any atom is -0.374 e. The van der Waals surface area contributed by atoms with E-state index in [9.17, 15) is 4.39 Å². The number of halogens is 2. The molecule has 1 fully saturated rings. The van der Waals surface area contributed by atoms with Gasteiger partial charge < -0.3 is 4.74 Å². The Kier molecular flexibility index (Phi) is 4.22. The highest BCUT2D eigenvalue weighted by atomic mass is 35.5. The lowest BCUT2D eigenvalue weighted by atomic mass is 9.88. The van der Waals surface area contributed by atoms with Crippen molar-refractivity contribution in [2.24, 2.45) is 5.84 Å². The molecule has 1 aliphatic heterocycles. The smallest absolute Gasteiger partial charge is 0.145 e. The molecule has 0 aromatic heterocycles. The Labute approximate surface area is 111 Å². The van der Waals surface area contributed by atoms with E-state index in [1.165, 1.54) is 0 Å². The van der Waals surface area contributed by atoms with Crippen molar-refractivity contribution in [2.75, 3.05) is 6.61 Å². The van der Waals surface area contributed by atoms with Crippen LogP contribution in [0.1, 0.15) is 25.3 Å². The van der Waals surface area contributed by atoms with Gasteiger partial charge in [0, 0.05) is 6.61 Å². The van der Waals surface area contributed by atoms with Crippen LogP contribution < -0.4 is 11.3 Å². The molecule has 3 nitrogen and oxygen atoms in total. The summed E-state index contributed by atoms with van der Waals surface area (Å²) in [6.45, 7) is 2.74. The van der Waals surface area contributed by atoms with E-state index in [1.807, 2.05) is 6.92 Å². The van der Waals surface area contributed by atoms with Crippen LogP contribution in [-0.2, 0) is 11.2 Å². The first-order valence-corrected chi connectivity index (χ1v) is 6.47. The van der Waals surface area contributed by atoms with Crippen LogP contribution in [0.2, 0.25) is 5.02 Å². The van der Waals surface area contributed by atoms with Gasteiger partial charge in [-0.05, 0) is 37.8 Å². The molecule has 1 saturated heterocycles. The molecule has 18 heavy (non-hydrogen) atoms. The second-order valence-electron chi connectivity index (χ2n) is 4.90. The molecule has 5 heteroatoms. The fraction of sp³-hybridized carbons (Fsp3) is 0.538. The molecule has 2 unspecified atom stereocenters. The number of rotatable bonds is 4. The maximum Gasteiger partial charge on any atom is 0.145 e. The summed E-state index contributed by atoms with van der Waals surface area (Å²) in [4.78, 5) is 0. The number of nitrogens with two attached hydrogens (primary N) is 1. The van der Waals surface area contributed by atoms with Crippen molar-refractivity contribution in [2.45, 2.75) is 37.8 Å². The summed E-state index contributed by atoms with van der Waals surface area (Å²) < 4.78 is 19.6. The van der Waals surface area contributed by atoms with Crippen molar-refractivity contribution < 1.29 is 9.13 Å². The first-order valence-electron chi connectivity index (χ1n) is 6.10. The maximum absolute atomic E-state index is 13.9. The molecule has 1 heterocycles. The number of ether oxygens (including phenoxy) is 1. The molecule has 1 aromatic carbocycles. The highest BCUT2D eigenvalue weighted by Crippen LogP contribution is 2.31. The molecule has 0 aliphatic carbocycles. The summed E-state index contributed by atoms with van der Waals surface area (Å²) in [6.07, 6.45) is 2.39.